The molecule has 0 aliphatic carbocycles. The summed E-state index contributed by atoms with van der Waals surface area (Å²) in [6, 6.07) is 15.2. The van der Waals surface area contributed by atoms with Gasteiger partial charge >= 0.3 is 0 Å². The molecule has 0 radical (unpaired) electrons. The van der Waals surface area contributed by atoms with Gasteiger partial charge in [-0.1, -0.05) is 45.0 Å². The van der Waals surface area contributed by atoms with Crippen molar-refractivity contribution in [3.8, 4) is 11.5 Å². The number of hydrogen-bond donors (Lipinski definition) is 1. The van der Waals surface area contributed by atoms with Gasteiger partial charge in [-0.3, -0.25) is 4.79 Å². The minimum Gasteiger partial charge on any atom is -0.493 e. The summed E-state index contributed by atoms with van der Waals surface area (Å²) in [5, 5.41) is 2.87. The van der Waals surface area contributed by atoms with Gasteiger partial charge in [0, 0.05) is 5.69 Å². The van der Waals surface area contributed by atoms with Crippen LogP contribution in [-0.4, -0.2) is 19.1 Å². The zero-order valence-corrected chi connectivity index (χ0v) is 14.9. The Balaban J connectivity index is 2.01. The lowest BCUT2D eigenvalue weighted by Crippen LogP contribution is -2.30. The lowest BCUT2D eigenvalue weighted by molar-refractivity contribution is -0.122. The van der Waals surface area contributed by atoms with E-state index in [4.69, 9.17) is 9.47 Å². The Morgan fingerprint density at radius 2 is 1.58 bits per heavy atom. The molecule has 24 heavy (non-hydrogen) atoms. The number of ether oxygens (including phenoxy) is 2. The maximum absolute atomic E-state index is 12.3. The lowest BCUT2D eigenvalue weighted by Gasteiger charge is -2.20. The first-order valence-electron chi connectivity index (χ1n) is 8.02. The predicted octanol–water partition coefficient (Wildman–Crippen LogP) is 4.40. The highest BCUT2D eigenvalue weighted by Crippen LogP contribution is 2.27. The van der Waals surface area contributed by atoms with E-state index in [0.717, 1.165) is 5.69 Å². The van der Waals surface area contributed by atoms with E-state index in [-0.39, 0.29) is 11.3 Å². The monoisotopic (exact) mass is 327 g/mol. The minimum absolute atomic E-state index is 0.0861. The summed E-state index contributed by atoms with van der Waals surface area (Å²) in [6.45, 7) is 8.18. The number of carbonyl (C=O) groups is 1. The van der Waals surface area contributed by atoms with Crippen molar-refractivity contribution in [2.75, 3.05) is 12.4 Å². The van der Waals surface area contributed by atoms with Crippen LogP contribution in [-0.2, 0) is 10.2 Å². The third kappa shape index (κ3) is 4.51. The van der Waals surface area contributed by atoms with E-state index in [1.165, 1.54) is 5.56 Å². The van der Waals surface area contributed by atoms with Gasteiger partial charge < -0.3 is 14.8 Å². The molecule has 128 valence electrons. The molecule has 2 aromatic carbocycles. The number of rotatable bonds is 5. The Morgan fingerprint density at radius 3 is 2.12 bits per heavy atom. The molecule has 1 amide bonds. The highest BCUT2D eigenvalue weighted by atomic mass is 16.5. The molecule has 0 bridgehead atoms. The Kier molecular flexibility index (Phi) is 5.50. The lowest BCUT2D eigenvalue weighted by atomic mass is 9.87. The Hall–Kier alpha value is -2.49. The van der Waals surface area contributed by atoms with Gasteiger partial charge in [-0.25, -0.2) is 0 Å². The summed E-state index contributed by atoms with van der Waals surface area (Å²) in [6.07, 6.45) is -0.636. The molecule has 0 heterocycles. The van der Waals surface area contributed by atoms with Gasteiger partial charge in [-0.05, 0) is 42.2 Å². The SMILES string of the molecule is COc1ccccc1O[C@@H](C)C(=O)Nc1ccc(C(C)(C)C)cc1. The van der Waals surface area contributed by atoms with Crippen molar-refractivity contribution in [1.82, 2.24) is 0 Å². The first kappa shape index (κ1) is 17.9. The van der Waals surface area contributed by atoms with Gasteiger partial charge in [-0.2, -0.15) is 0 Å². The summed E-state index contributed by atoms with van der Waals surface area (Å²) in [5.74, 6) is 0.946. The molecule has 4 heteroatoms. The molecule has 0 unspecified atom stereocenters. The predicted molar refractivity (Wildman–Crippen MR) is 96.9 cm³/mol. The van der Waals surface area contributed by atoms with Crippen LogP contribution < -0.4 is 14.8 Å². The average Bonchev–Trinajstić information content (AvgIpc) is 2.55. The smallest absolute Gasteiger partial charge is 0.265 e. The van der Waals surface area contributed by atoms with Crippen molar-refractivity contribution in [2.45, 2.75) is 39.2 Å². The quantitative estimate of drug-likeness (QED) is 0.885. The van der Waals surface area contributed by atoms with E-state index in [0.29, 0.717) is 11.5 Å². The number of methoxy groups -OCH3 is 1. The Morgan fingerprint density at radius 1 is 1.00 bits per heavy atom. The van der Waals surface area contributed by atoms with E-state index >= 15 is 0 Å². The van der Waals surface area contributed by atoms with E-state index in [1.807, 2.05) is 36.4 Å². The third-order valence-electron chi connectivity index (χ3n) is 3.76. The number of amides is 1. The number of para-hydroxylation sites is 2. The topological polar surface area (TPSA) is 47.6 Å². The average molecular weight is 327 g/mol. The maximum Gasteiger partial charge on any atom is 0.265 e. The van der Waals surface area contributed by atoms with E-state index in [2.05, 4.69) is 26.1 Å². The molecule has 1 N–H and O–H groups in total. The molecule has 0 fully saturated rings. The fourth-order valence-electron chi connectivity index (χ4n) is 2.26. The van der Waals surface area contributed by atoms with E-state index in [9.17, 15) is 4.79 Å². The van der Waals surface area contributed by atoms with Crippen LogP contribution >= 0.6 is 0 Å². The molecule has 1 atom stereocenters. The standard InChI is InChI=1S/C20H25NO3/c1-14(24-18-9-7-6-8-17(18)23-5)19(22)21-16-12-10-15(11-13-16)20(2,3)4/h6-14H,1-5H3,(H,21,22)/t14-/m0/s1. The molecular formula is C20H25NO3. The fraction of sp³-hybridized carbons (Fsp3) is 0.350. The number of hydrogen-bond acceptors (Lipinski definition) is 3. The Bertz CT molecular complexity index is 687. The normalized spacial score (nSPS) is 12.4. The summed E-state index contributed by atoms with van der Waals surface area (Å²) in [5.41, 5.74) is 2.06. The largest absolute Gasteiger partial charge is 0.493 e. The second kappa shape index (κ2) is 7.39. The zero-order chi connectivity index (χ0) is 17.7. The van der Waals surface area contributed by atoms with Crippen LogP contribution in [0.15, 0.2) is 48.5 Å². The molecular weight excluding hydrogens is 302 g/mol. The number of benzene rings is 2. The van der Waals surface area contributed by atoms with Gasteiger partial charge in [0.2, 0.25) is 0 Å². The van der Waals surface area contributed by atoms with Gasteiger partial charge in [-0.15, -0.1) is 0 Å². The van der Waals surface area contributed by atoms with Crippen molar-refractivity contribution < 1.29 is 14.3 Å². The highest BCUT2D eigenvalue weighted by molar-refractivity contribution is 5.94. The van der Waals surface area contributed by atoms with E-state index < -0.39 is 6.10 Å². The maximum atomic E-state index is 12.3. The number of nitrogens with one attached hydrogen (secondary N) is 1. The van der Waals surface area contributed by atoms with Crippen LogP contribution in [0.1, 0.15) is 33.3 Å². The zero-order valence-electron chi connectivity index (χ0n) is 14.9. The van der Waals surface area contributed by atoms with E-state index in [1.54, 1.807) is 26.2 Å². The first-order valence-corrected chi connectivity index (χ1v) is 8.02. The molecule has 2 aromatic rings. The fourth-order valence-corrected chi connectivity index (χ4v) is 2.26. The van der Waals surface area contributed by atoms with Crippen molar-refractivity contribution in [3.05, 3.63) is 54.1 Å². The number of carbonyl (C=O) groups excluding carboxylic acids is 1. The van der Waals surface area contributed by atoms with Crippen molar-refractivity contribution in [3.63, 3.8) is 0 Å². The van der Waals surface area contributed by atoms with Crippen LogP contribution in [0.4, 0.5) is 5.69 Å². The highest BCUT2D eigenvalue weighted by Gasteiger charge is 2.18. The third-order valence-corrected chi connectivity index (χ3v) is 3.76. The second-order valence-electron chi connectivity index (χ2n) is 6.73. The summed E-state index contributed by atoms with van der Waals surface area (Å²) in [4.78, 5) is 12.3. The second-order valence-corrected chi connectivity index (χ2v) is 6.73. The van der Waals surface area contributed by atoms with Crippen LogP contribution in [0.3, 0.4) is 0 Å². The Labute approximate surface area is 143 Å². The summed E-state index contributed by atoms with van der Waals surface area (Å²) >= 11 is 0. The van der Waals surface area contributed by atoms with Crippen molar-refractivity contribution in [1.29, 1.82) is 0 Å². The molecule has 0 aromatic heterocycles. The van der Waals surface area contributed by atoms with Crippen LogP contribution in [0.5, 0.6) is 11.5 Å². The molecule has 0 saturated heterocycles. The molecule has 0 aliphatic heterocycles. The van der Waals surface area contributed by atoms with Crippen molar-refractivity contribution in [2.24, 2.45) is 0 Å². The van der Waals surface area contributed by atoms with Gasteiger partial charge in [0.1, 0.15) is 0 Å². The van der Waals surface area contributed by atoms with Gasteiger partial charge in [0.05, 0.1) is 7.11 Å². The summed E-state index contributed by atoms with van der Waals surface area (Å²) < 4.78 is 10.9. The molecule has 4 nitrogen and oxygen atoms in total. The molecule has 0 spiro atoms. The van der Waals surface area contributed by atoms with Crippen molar-refractivity contribution >= 4 is 11.6 Å². The van der Waals surface area contributed by atoms with Gasteiger partial charge in [0.25, 0.3) is 5.91 Å². The molecule has 0 saturated carbocycles. The van der Waals surface area contributed by atoms with Crippen LogP contribution in [0.25, 0.3) is 0 Å². The van der Waals surface area contributed by atoms with Crippen LogP contribution in [0, 0.1) is 0 Å². The molecule has 2 rings (SSSR count). The van der Waals surface area contributed by atoms with Gasteiger partial charge in [0.15, 0.2) is 17.6 Å². The summed E-state index contributed by atoms with van der Waals surface area (Å²) in [7, 11) is 1.57. The number of anilines is 1. The van der Waals surface area contributed by atoms with Crippen LogP contribution in [0.2, 0.25) is 0 Å². The molecule has 0 aliphatic rings. The first-order chi connectivity index (χ1) is 11.3. The minimum atomic E-state index is -0.636.